The van der Waals surface area contributed by atoms with Gasteiger partial charge in [0.1, 0.15) is 5.82 Å². The summed E-state index contributed by atoms with van der Waals surface area (Å²) in [5.74, 6) is 0.698. The fourth-order valence-electron chi connectivity index (χ4n) is 2.77. The monoisotopic (exact) mass is 372 g/mol. The first-order valence-corrected chi connectivity index (χ1v) is 8.50. The normalized spacial score (nSPS) is 11.5. The van der Waals surface area contributed by atoms with Gasteiger partial charge in [-0.2, -0.15) is 0 Å². The molecule has 0 aliphatic heterocycles. The summed E-state index contributed by atoms with van der Waals surface area (Å²) in [6.45, 7) is 1.12. The van der Waals surface area contributed by atoms with E-state index in [4.69, 9.17) is 32.9 Å². The molecule has 0 radical (unpaired) electrons. The van der Waals surface area contributed by atoms with Crippen LogP contribution in [0.15, 0.2) is 42.5 Å². The molecule has 0 saturated heterocycles. The Morgan fingerprint density at radius 2 is 1.76 bits per heavy atom. The number of fused-ring (bicyclic) bond motifs is 2. The Labute approximate surface area is 154 Å². The van der Waals surface area contributed by atoms with E-state index in [0.717, 1.165) is 16.6 Å². The second kappa shape index (κ2) is 6.59. The molecule has 0 spiro atoms. The Hall–Kier alpha value is -2.21. The van der Waals surface area contributed by atoms with Crippen LogP contribution in [-0.2, 0) is 11.3 Å². The van der Waals surface area contributed by atoms with Crippen LogP contribution < -0.4 is 0 Å². The lowest BCUT2D eigenvalue weighted by atomic mass is 10.2. The topological polar surface area (TPSA) is 52.8 Å². The maximum Gasteiger partial charge on any atom is 0.198 e. The Bertz CT molecular complexity index is 1080. The summed E-state index contributed by atoms with van der Waals surface area (Å²) >= 11 is 12.4. The van der Waals surface area contributed by atoms with Crippen molar-refractivity contribution < 1.29 is 4.74 Å². The third-order valence-corrected chi connectivity index (χ3v) is 4.50. The lowest BCUT2D eigenvalue weighted by Crippen LogP contribution is -2.07. The zero-order chi connectivity index (χ0) is 17.4. The van der Waals surface area contributed by atoms with E-state index in [1.54, 1.807) is 19.2 Å². The first-order valence-electron chi connectivity index (χ1n) is 7.75. The van der Waals surface area contributed by atoms with Crippen molar-refractivity contribution >= 4 is 45.5 Å². The molecule has 4 rings (SSSR count). The van der Waals surface area contributed by atoms with Gasteiger partial charge in [-0.3, -0.25) is 0 Å². The number of hydrogen-bond acceptors (Lipinski definition) is 4. The first-order chi connectivity index (χ1) is 12.2. The first kappa shape index (κ1) is 16.3. The van der Waals surface area contributed by atoms with Crippen LogP contribution in [0, 0.1) is 0 Å². The quantitative estimate of drug-likeness (QED) is 0.525. The number of imidazole rings is 1. The van der Waals surface area contributed by atoms with Gasteiger partial charge in [-0.25, -0.2) is 15.0 Å². The Balaban J connectivity index is 1.99. The molecule has 126 valence electrons. The summed E-state index contributed by atoms with van der Waals surface area (Å²) in [5, 5.41) is 1.11. The third kappa shape index (κ3) is 2.95. The molecule has 5 nitrogen and oxygen atoms in total. The molecule has 0 fully saturated rings. The van der Waals surface area contributed by atoms with Crippen molar-refractivity contribution in [3.63, 3.8) is 0 Å². The second-order valence-corrected chi connectivity index (χ2v) is 6.41. The molecule has 0 atom stereocenters. The largest absolute Gasteiger partial charge is 0.383 e. The van der Waals surface area contributed by atoms with Gasteiger partial charge >= 0.3 is 0 Å². The van der Waals surface area contributed by atoms with Crippen molar-refractivity contribution in [3.8, 4) is 11.4 Å². The molecule has 4 aromatic rings. The maximum atomic E-state index is 6.39. The predicted octanol–water partition coefficient (Wildman–Crippen LogP) is 4.60. The van der Waals surface area contributed by atoms with Crippen LogP contribution in [0.5, 0.6) is 0 Å². The molecule has 0 aliphatic rings. The van der Waals surface area contributed by atoms with Crippen LogP contribution in [0.25, 0.3) is 33.7 Å². The van der Waals surface area contributed by atoms with E-state index < -0.39 is 0 Å². The summed E-state index contributed by atoms with van der Waals surface area (Å²) < 4.78 is 7.22. The van der Waals surface area contributed by atoms with Crippen molar-refractivity contribution in [1.29, 1.82) is 0 Å². The van der Waals surface area contributed by atoms with Crippen LogP contribution in [0.1, 0.15) is 0 Å². The molecule has 2 heterocycles. The van der Waals surface area contributed by atoms with Crippen LogP contribution in [0.2, 0.25) is 10.0 Å². The van der Waals surface area contributed by atoms with Crippen molar-refractivity contribution in [1.82, 2.24) is 19.5 Å². The average Bonchev–Trinajstić information content (AvgIpc) is 2.95. The average molecular weight is 373 g/mol. The summed E-state index contributed by atoms with van der Waals surface area (Å²) in [5.41, 5.74) is 3.70. The van der Waals surface area contributed by atoms with Crippen LogP contribution in [0.3, 0.4) is 0 Å². The standard InChI is InChI=1S/C18H14Cl2N4O/c1-25-9-8-24-17(12-7-6-11(19)10-13(12)20)23-16-18(24)22-15-5-3-2-4-14(15)21-16/h2-7,10H,8-9H2,1H3. The van der Waals surface area contributed by atoms with Gasteiger partial charge in [0.15, 0.2) is 11.3 Å². The van der Waals surface area contributed by atoms with Crippen molar-refractivity contribution in [2.45, 2.75) is 6.54 Å². The molecular weight excluding hydrogens is 359 g/mol. The number of para-hydroxylation sites is 2. The summed E-state index contributed by atoms with van der Waals surface area (Å²) in [6.07, 6.45) is 0. The zero-order valence-corrected chi connectivity index (χ0v) is 14.9. The van der Waals surface area contributed by atoms with Crippen LogP contribution in [-0.4, -0.2) is 33.2 Å². The molecule has 0 N–H and O–H groups in total. The predicted molar refractivity (Wildman–Crippen MR) is 100 cm³/mol. The lowest BCUT2D eigenvalue weighted by Gasteiger charge is -2.09. The number of aromatic nitrogens is 4. The van der Waals surface area contributed by atoms with Crippen LogP contribution >= 0.6 is 23.2 Å². The van der Waals surface area contributed by atoms with Crippen molar-refractivity contribution in [2.24, 2.45) is 0 Å². The van der Waals surface area contributed by atoms with Gasteiger partial charge in [0, 0.05) is 24.2 Å². The van der Waals surface area contributed by atoms with Crippen LogP contribution in [0.4, 0.5) is 0 Å². The van der Waals surface area contributed by atoms with E-state index in [1.165, 1.54) is 0 Å². The molecule has 0 amide bonds. The molecule has 0 saturated carbocycles. The number of rotatable bonds is 4. The van der Waals surface area contributed by atoms with Crippen molar-refractivity contribution in [3.05, 3.63) is 52.5 Å². The Morgan fingerprint density at radius 1 is 1.00 bits per heavy atom. The van der Waals surface area contributed by atoms with E-state index in [0.29, 0.717) is 40.3 Å². The highest BCUT2D eigenvalue weighted by atomic mass is 35.5. The van der Waals surface area contributed by atoms with Gasteiger partial charge in [0.2, 0.25) is 0 Å². The molecule has 0 aliphatic carbocycles. The maximum absolute atomic E-state index is 6.39. The van der Waals surface area contributed by atoms with Gasteiger partial charge in [0.25, 0.3) is 0 Å². The van der Waals surface area contributed by atoms with E-state index in [9.17, 15) is 0 Å². The van der Waals surface area contributed by atoms with Gasteiger partial charge in [-0.15, -0.1) is 0 Å². The minimum Gasteiger partial charge on any atom is -0.383 e. The summed E-state index contributed by atoms with van der Waals surface area (Å²) in [4.78, 5) is 14.1. The number of benzene rings is 2. The number of methoxy groups -OCH3 is 1. The number of hydrogen-bond donors (Lipinski definition) is 0. The number of nitrogens with zero attached hydrogens (tertiary/aromatic N) is 4. The highest BCUT2D eigenvalue weighted by molar-refractivity contribution is 6.36. The van der Waals surface area contributed by atoms with E-state index >= 15 is 0 Å². The Morgan fingerprint density at radius 3 is 2.48 bits per heavy atom. The molecule has 0 bridgehead atoms. The van der Waals surface area contributed by atoms with E-state index in [1.807, 2.05) is 34.9 Å². The fourth-order valence-corrected chi connectivity index (χ4v) is 3.26. The van der Waals surface area contributed by atoms with Crippen molar-refractivity contribution in [2.75, 3.05) is 13.7 Å². The minimum atomic E-state index is 0.526. The molecule has 0 unspecified atom stereocenters. The van der Waals surface area contributed by atoms with E-state index in [2.05, 4.69) is 9.97 Å². The zero-order valence-electron chi connectivity index (χ0n) is 13.4. The molecule has 7 heteroatoms. The molecule has 2 aromatic carbocycles. The fraction of sp³-hybridized carbons (Fsp3) is 0.167. The number of ether oxygens (including phenoxy) is 1. The Kier molecular flexibility index (Phi) is 4.29. The second-order valence-electron chi connectivity index (χ2n) is 5.56. The highest BCUT2D eigenvalue weighted by Gasteiger charge is 2.18. The SMILES string of the molecule is COCCn1c(-c2ccc(Cl)cc2Cl)nc2nc3ccccc3nc21. The smallest absolute Gasteiger partial charge is 0.198 e. The van der Waals surface area contributed by atoms with E-state index in [-0.39, 0.29) is 0 Å². The van der Waals surface area contributed by atoms with Gasteiger partial charge in [-0.05, 0) is 30.3 Å². The van der Waals surface area contributed by atoms with Gasteiger partial charge in [0.05, 0.1) is 22.7 Å². The van der Waals surface area contributed by atoms with Gasteiger partial charge < -0.3 is 9.30 Å². The molecule has 2 aromatic heterocycles. The lowest BCUT2D eigenvalue weighted by molar-refractivity contribution is 0.188. The number of halogens is 2. The third-order valence-electron chi connectivity index (χ3n) is 3.95. The molecular formula is C18H14Cl2N4O. The summed E-state index contributed by atoms with van der Waals surface area (Å²) in [6, 6.07) is 13.1. The van der Waals surface area contributed by atoms with Gasteiger partial charge in [-0.1, -0.05) is 35.3 Å². The summed E-state index contributed by atoms with van der Waals surface area (Å²) in [7, 11) is 1.66. The molecule has 25 heavy (non-hydrogen) atoms. The minimum absolute atomic E-state index is 0.526. The highest BCUT2D eigenvalue weighted by Crippen LogP contribution is 2.31.